The fourth-order valence-corrected chi connectivity index (χ4v) is 3.15. The molecule has 0 saturated heterocycles. The van der Waals surface area contributed by atoms with Gasteiger partial charge in [-0.1, -0.05) is 31.4 Å². The van der Waals surface area contributed by atoms with Crippen LogP contribution in [0.15, 0.2) is 18.2 Å². The molecule has 0 radical (unpaired) electrons. The summed E-state index contributed by atoms with van der Waals surface area (Å²) in [5, 5.41) is 0. The Kier molecular flexibility index (Phi) is 5.71. The number of hydrogen-bond donors (Lipinski definition) is 1. The highest BCUT2D eigenvalue weighted by Crippen LogP contribution is 2.38. The van der Waals surface area contributed by atoms with Crippen molar-refractivity contribution in [3.05, 3.63) is 29.3 Å². The molecule has 1 aliphatic carbocycles. The molecule has 106 valence electrons. The van der Waals surface area contributed by atoms with Gasteiger partial charge in [-0.05, 0) is 61.8 Å². The second kappa shape index (κ2) is 7.54. The first-order chi connectivity index (χ1) is 9.35. The van der Waals surface area contributed by atoms with E-state index in [4.69, 9.17) is 10.5 Å². The van der Waals surface area contributed by atoms with Gasteiger partial charge in [0.25, 0.3) is 0 Å². The maximum atomic E-state index is 5.57. The molecular weight excluding hydrogens is 234 g/mol. The molecular formula is C17H27NO. The first-order valence-electron chi connectivity index (χ1n) is 7.72. The third-order valence-electron chi connectivity index (χ3n) is 4.26. The van der Waals surface area contributed by atoms with Gasteiger partial charge in [-0.2, -0.15) is 0 Å². The van der Waals surface area contributed by atoms with E-state index in [1.165, 1.54) is 49.7 Å². The van der Waals surface area contributed by atoms with Crippen molar-refractivity contribution in [2.45, 2.75) is 57.3 Å². The maximum absolute atomic E-state index is 5.57. The highest BCUT2D eigenvalue weighted by atomic mass is 16.5. The van der Waals surface area contributed by atoms with Crippen molar-refractivity contribution in [1.29, 1.82) is 0 Å². The first-order valence-corrected chi connectivity index (χ1v) is 7.72. The average molecular weight is 261 g/mol. The minimum Gasteiger partial charge on any atom is -0.496 e. The fourth-order valence-electron chi connectivity index (χ4n) is 3.15. The molecule has 0 unspecified atom stereocenters. The summed E-state index contributed by atoms with van der Waals surface area (Å²) >= 11 is 0. The van der Waals surface area contributed by atoms with Crippen molar-refractivity contribution in [1.82, 2.24) is 0 Å². The minimum atomic E-state index is 0.707. The number of unbranched alkanes of at least 4 members (excludes halogenated alkanes) is 1. The van der Waals surface area contributed by atoms with Crippen LogP contribution in [0.25, 0.3) is 0 Å². The summed E-state index contributed by atoms with van der Waals surface area (Å²) in [5.74, 6) is 1.78. The molecule has 2 heteroatoms. The predicted octanol–water partition coefficient (Wildman–Crippen LogP) is 4.02. The van der Waals surface area contributed by atoms with Gasteiger partial charge in [0.05, 0.1) is 7.11 Å². The second-order valence-corrected chi connectivity index (χ2v) is 5.66. The van der Waals surface area contributed by atoms with Crippen molar-refractivity contribution in [3.8, 4) is 5.75 Å². The Morgan fingerprint density at radius 2 is 1.95 bits per heavy atom. The van der Waals surface area contributed by atoms with Crippen LogP contribution in [0.2, 0.25) is 0 Å². The van der Waals surface area contributed by atoms with E-state index >= 15 is 0 Å². The van der Waals surface area contributed by atoms with E-state index in [1.807, 2.05) is 0 Å². The van der Waals surface area contributed by atoms with Crippen molar-refractivity contribution >= 4 is 0 Å². The average Bonchev–Trinajstić information content (AvgIpc) is 2.48. The molecule has 1 aromatic rings. The van der Waals surface area contributed by atoms with E-state index in [9.17, 15) is 0 Å². The third kappa shape index (κ3) is 3.97. The normalized spacial score (nSPS) is 16.5. The van der Waals surface area contributed by atoms with Gasteiger partial charge in [0.15, 0.2) is 0 Å². The van der Waals surface area contributed by atoms with Crippen LogP contribution in [0.5, 0.6) is 5.75 Å². The number of rotatable bonds is 6. The fraction of sp³-hybridized carbons (Fsp3) is 0.647. The molecule has 2 nitrogen and oxygen atoms in total. The van der Waals surface area contributed by atoms with Gasteiger partial charge in [-0.3, -0.25) is 0 Å². The van der Waals surface area contributed by atoms with E-state index < -0.39 is 0 Å². The Hall–Kier alpha value is -1.02. The van der Waals surface area contributed by atoms with E-state index in [2.05, 4.69) is 18.2 Å². The largest absolute Gasteiger partial charge is 0.496 e. The molecule has 2 N–H and O–H groups in total. The summed E-state index contributed by atoms with van der Waals surface area (Å²) in [5.41, 5.74) is 8.44. The summed E-state index contributed by atoms with van der Waals surface area (Å²) in [6.45, 7) is 0.797. The molecule has 0 atom stereocenters. The monoisotopic (exact) mass is 261 g/mol. The third-order valence-corrected chi connectivity index (χ3v) is 4.26. The Bertz CT molecular complexity index is 383. The Morgan fingerprint density at radius 1 is 1.16 bits per heavy atom. The quantitative estimate of drug-likeness (QED) is 0.785. The van der Waals surface area contributed by atoms with Crippen LogP contribution in [0, 0.1) is 0 Å². The van der Waals surface area contributed by atoms with Crippen LogP contribution in [0.4, 0.5) is 0 Å². The zero-order valence-corrected chi connectivity index (χ0v) is 12.2. The number of nitrogens with two attached hydrogens (primary N) is 1. The smallest absolute Gasteiger partial charge is 0.122 e. The van der Waals surface area contributed by atoms with Crippen LogP contribution in [-0.4, -0.2) is 13.7 Å². The molecule has 1 aliphatic rings. The second-order valence-electron chi connectivity index (χ2n) is 5.66. The van der Waals surface area contributed by atoms with Gasteiger partial charge in [-0.25, -0.2) is 0 Å². The van der Waals surface area contributed by atoms with Gasteiger partial charge < -0.3 is 10.5 Å². The molecule has 0 amide bonds. The molecule has 2 rings (SSSR count). The Morgan fingerprint density at radius 3 is 2.63 bits per heavy atom. The number of methoxy groups -OCH3 is 1. The topological polar surface area (TPSA) is 35.2 Å². The molecule has 0 heterocycles. The van der Waals surface area contributed by atoms with E-state index in [0.717, 1.165) is 25.1 Å². The molecule has 0 aromatic heterocycles. The predicted molar refractivity (Wildman–Crippen MR) is 80.8 cm³/mol. The van der Waals surface area contributed by atoms with E-state index in [-0.39, 0.29) is 0 Å². The molecule has 0 spiro atoms. The zero-order valence-electron chi connectivity index (χ0n) is 12.2. The number of aryl methyl sites for hydroxylation is 1. The molecule has 1 aromatic carbocycles. The van der Waals surface area contributed by atoms with Crippen LogP contribution in [-0.2, 0) is 6.42 Å². The summed E-state index contributed by atoms with van der Waals surface area (Å²) in [6.07, 6.45) is 10.2. The van der Waals surface area contributed by atoms with E-state index in [0.29, 0.717) is 5.92 Å². The minimum absolute atomic E-state index is 0.707. The van der Waals surface area contributed by atoms with Crippen molar-refractivity contribution in [3.63, 3.8) is 0 Å². The Balaban J connectivity index is 2.11. The van der Waals surface area contributed by atoms with Gasteiger partial charge in [0.1, 0.15) is 5.75 Å². The van der Waals surface area contributed by atoms with Gasteiger partial charge in [0.2, 0.25) is 0 Å². The number of benzene rings is 1. The molecule has 19 heavy (non-hydrogen) atoms. The lowest BCUT2D eigenvalue weighted by Gasteiger charge is -2.24. The number of hydrogen-bond acceptors (Lipinski definition) is 2. The SMILES string of the molecule is COc1ccc(CCCCN)cc1C1CCCCC1. The highest BCUT2D eigenvalue weighted by Gasteiger charge is 2.19. The summed E-state index contributed by atoms with van der Waals surface area (Å²) < 4.78 is 5.56. The van der Waals surface area contributed by atoms with Crippen LogP contribution in [0.3, 0.4) is 0 Å². The van der Waals surface area contributed by atoms with Crippen LogP contribution < -0.4 is 10.5 Å². The van der Waals surface area contributed by atoms with Crippen LogP contribution in [0.1, 0.15) is 62.0 Å². The maximum Gasteiger partial charge on any atom is 0.122 e. The highest BCUT2D eigenvalue weighted by molar-refractivity contribution is 5.40. The number of ether oxygens (including phenoxy) is 1. The molecule has 1 saturated carbocycles. The summed E-state index contributed by atoms with van der Waals surface area (Å²) in [7, 11) is 1.79. The summed E-state index contributed by atoms with van der Waals surface area (Å²) in [4.78, 5) is 0. The van der Waals surface area contributed by atoms with Crippen molar-refractivity contribution in [2.75, 3.05) is 13.7 Å². The molecule has 0 bridgehead atoms. The molecule has 0 aliphatic heterocycles. The zero-order chi connectivity index (χ0) is 13.5. The van der Waals surface area contributed by atoms with Gasteiger partial charge in [-0.15, -0.1) is 0 Å². The van der Waals surface area contributed by atoms with E-state index in [1.54, 1.807) is 7.11 Å². The van der Waals surface area contributed by atoms with Gasteiger partial charge >= 0.3 is 0 Å². The first kappa shape index (κ1) is 14.4. The van der Waals surface area contributed by atoms with Crippen molar-refractivity contribution < 1.29 is 4.74 Å². The van der Waals surface area contributed by atoms with Crippen molar-refractivity contribution in [2.24, 2.45) is 5.73 Å². The standard InChI is InChI=1S/C17H27NO/c1-19-17-11-10-14(7-5-6-12-18)13-16(17)15-8-3-2-4-9-15/h10-11,13,15H,2-9,12,18H2,1H3. The lowest BCUT2D eigenvalue weighted by Crippen LogP contribution is -2.07. The summed E-state index contributed by atoms with van der Waals surface area (Å²) in [6, 6.07) is 6.74. The lowest BCUT2D eigenvalue weighted by atomic mass is 9.83. The van der Waals surface area contributed by atoms with Crippen LogP contribution >= 0.6 is 0 Å². The van der Waals surface area contributed by atoms with Gasteiger partial charge in [0, 0.05) is 0 Å². The lowest BCUT2D eigenvalue weighted by molar-refractivity contribution is 0.387. The Labute approximate surface area is 117 Å². The molecule has 1 fully saturated rings.